The average molecular weight is 398 g/mol. The number of nitrogens with zero attached hydrogens (tertiary/aromatic N) is 1. The van der Waals surface area contributed by atoms with Gasteiger partial charge in [0, 0.05) is 11.1 Å². The van der Waals surface area contributed by atoms with Gasteiger partial charge >= 0.3 is 7.60 Å². The van der Waals surface area contributed by atoms with Crippen LogP contribution in [-0.2, 0) is 15.6 Å². The van der Waals surface area contributed by atoms with E-state index in [1.807, 2.05) is 31.2 Å². The van der Waals surface area contributed by atoms with Crippen LogP contribution in [0, 0.1) is 6.92 Å². The van der Waals surface area contributed by atoms with E-state index in [2.05, 4.69) is 18.2 Å². The van der Waals surface area contributed by atoms with Gasteiger partial charge in [-0.1, -0.05) is 31.2 Å². The quantitative estimate of drug-likeness (QED) is 0.497. The van der Waals surface area contributed by atoms with Crippen molar-refractivity contribution in [2.24, 2.45) is 5.73 Å². The zero-order chi connectivity index (χ0) is 20.1. The Morgan fingerprint density at radius 2 is 1.93 bits per heavy atom. The minimum atomic E-state index is -3.90. The van der Waals surface area contributed by atoms with Gasteiger partial charge in [-0.15, -0.1) is 0 Å². The summed E-state index contributed by atoms with van der Waals surface area (Å²) < 4.78 is 19.2. The van der Waals surface area contributed by atoms with Crippen molar-refractivity contribution in [2.45, 2.75) is 32.9 Å². The molecule has 0 saturated carbocycles. The normalized spacial score (nSPS) is 15.9. The number of hydrogen-bond donors (Lipinski definition) is 2. The van der Waals surface area contributed by atoms with Gasteiger partial charge in [0.25, 0.3) is 5.56 Å². The summed E-state index contributed by atoms with van der Waals surface area (Å²) in [6.45, 7) is 4.11. The van der Waals surface area contributed by atoms with Crippen molar-refractivity contribution in [3.63, 3.8) is 0 Å². The summed E-state index contributed by atoms with van der Waals surface area (Å²) in [6.07, 6.45) is -0.664. The number of benzene rings is 2. The van der Waals surface area contributed by atoms with Crippen LogP contribution in [0.1, 0.15) is 36.1 Å². The maximum atomic E-state index is 13.0. The number of aromatic nitrogens is 1. The first-order chi connectivity index (χ1) is 13.3. The molecule has 6 nitrogen and oxygen atoms in total. The highest BCUT2D eigenvalue weighted by atomic mass is 31.2. The molecule has 28 heavy (non-hydrogen) atoms. The van der Waals surface area contributed by atoms with E-state index < -0.39 is 20.0 Å². The van der Waals surface area contributed by atoms with E-state index in [0.717, 1.165) is 27.6 Å². The fourth-order valence-electron chi connectivity index (χ4n) is 3.90. The molecule has 1 aromatic heterocycles. The van der Waals surface area contributed by atoms with Crippen LogP contribution in [0.25, 0.3) is 22.0 Å². The summed E-state index contributed by atoms with van der Waals surface area (Å²) in [5.41, 5.74) is 9.35. The van der Waals surface area contributed by atoms with Gasteiger partial charge in [-0.3, -0.25) is 13.9 Å². The molecule has 7 heteroatoms. The lowest BCUT2D eigenvalue weighted by Crippen LogP contribution is -2.24. The van der Waals surface area contributed by atoms with Gasteiger partial charge in [-0.2, -0.15) is 0 Å². The van der Waals surface area contributed by atoms with Crippen LogP contribution in [-0.4, -0.2) is 15.7 Å². The number of pyridine rings is 1. The molecule has 1 aliphatic heterocycles. The van der Waals surface area contributed by atoms with Crippen molar-refractivity contribution in [1.29, 1.82) is 0 Å². The number of fused-ring (bicyclic) bond motifs is 4. The molecular formula is C21H23N2O4P. The summed E-state index contributed by atoms with van der Waals surface area (Å²) in [5.74, 6) is 0. The van der Waals surface area contributed by atoms with Crippen molar-refractivity contribution in [3.05, 3.63) is 69.5 Å². The molecule has 0 fully saturated rings. The van der Waals surface area contributed by atoms with Gasteiger partial charge in [-0.05, 0) is 53.4 Å². The van der Waals surface area contributed by atoms with Gasteiger partial charge in [0.2, 0.25) is 0 Å². The molecule has 0 bridgehead atoms. The Hall–Kier alpha value is -2.24. The lowest BCUT2D eigenvalue weighted by atomic mass is 9.98. The predicted octanol–water partition coefficient (Wildman–Crippen LogP) is 3.91. The second-order valence-electron chi connectivity index (χ2n) is 7.18. The Balaban J connectivity index is 1.88. The summed E-state index contributed by atoms with van der Waals surface area (Å²) in [4.78, 5) is 22.9. The van der Waals surface area contributed by atoms with Gasteiger partial charge in [-0.25, -0.2) is 0 Å². The summed E-state index contributed by atoms with van der Waals surface area (Å²) in [7, 11) is -3.90. The highest BCUT2D eigenvalue weighted by molar-refractivity contribution is 7.52. The van der Waals surface area contributed by atoms with Gasteiger partial charge in [0.15, 0.2) is 0 Å². The summed E-state index contributed by atoms with van der Waals surface area (Å²) >= 11 is 0. The molecule has 1 aliphatic rings. The Labute approximate surface area is 163 Å². The van der Waals surface area contributed by atoms with E-state index in [9.17, 15) is 14.3 Å². The van der Waals surface area contributed by atoms with Crippen molar-refractivity contribution in [1.82, 2.24) is 4.57 Å². The number of hydrogen-bond acceptors (Lipinski definition) is 4. The van der Waals surface area contributed by atoms with E-state index in [1.54, 1.807) is 11.5 Å². The Kier molecular flexibility index (Phi) is 4.76. The largest absolute Gasteiger partial charge is 0.342 e. The SMILES string of the molecule is CCC(OP(=O)(O)CN)c1cc2n(c(=O)c1C)Cc1cc3ccccc3cc1-2. The van der Waals surface area contributed by atoms with E-state index in [1.165, 1.54) is 0 Å². The van der Waals surface area contributed by atoms with Crippen molar-refractivity contribution in [3.8, 4) is 11.3 Å². The van der Waals surface area contributed by atoms with E-state index in [-0.39, 0.29) is 5.56 Å². The van der Waals surface area contributed by atoms with Gasteiger partial charge in [0.05, 0.1) is 24.6 Å². The molecule has 3 N–H and O–H groups in total. The molecule has 146 valence electrons. The van der Waals surface area contributed by atoms with Crippen LogP contribution in [0.3, 0.4) is 0 Å². The fourth-order valence-corrected chi connectivity index (χ4v) is 4.65. The van der Waals surface area contributed by atoms with Crippen LogP contribution >= 0.6 is 7.60 Å². The molecule has 0 saturated heterocycles. The molecule has 0 aliphatic carbocycles. The lowest BCUT2D eigenvalue weighted by molar-refractivity contribution is 0.171. The minimum Gasteiger partial charge on any atom is -0.323 e. The first kappa shape index (κ1) is 19.1. The third-order valence-electron chi connectivity index (χ3n) is 5.40. The number of nitrogens with two attached hydrogens (primary N) is 1. The van der Waals surface area contributed by atoms with Crippen LogP contribution in [0.2, 0.25) is 0 Å². The van der Waals surface area contributed by atoms with E-state index >= 15 is 0 Å². The van der Waals surface area contributed by atoms with Gasteiger partial charge < -0.3 is 15.2 Å². The molecule has 2 aromatic carbocycles. The molecule has 2 unspecified atom stereocenters. The Bertz CT molecular complexity index is 1180. The zero-order valence-electron chi connectivity index (χ0n) is 15.9. The minimum absolute atomic E-state index is 0.102. The Morgan fingerprint density at radius 1 is 1.25 bits per heavy atom. The summed E-state index contributed by atoms with van der Waals surface area (Å²) in [5, 5.41) is 2.24. The molecular weight excluding hydrogens is 375 g/mol. The second-order valence-corrected chi connectivity index (χ2v) is 9.03. The van der Waals surface area contributed by atoms with Crippen LogP contribution in [0.4, 0.5) is 0 Å². The first-order valence-electron chi connectivity index (χ1n) is 9.31. The number of rotatable bonds is 5. The fraction of sp³-hybridized carbons (Fsp3) is 0.286. The predicted molar refractivity (Wildman–Crippen MR) is 110 cm³/mol. The van der Waals surface area contributed by atoms with Crippen LogP contribution in [0.15, 0.2) is 47.3 Å². The molecule has 4 rings (SSSR count). The maximum absolute atomic E-state index is 13.0. The third-order valence-corrected chi connectivity index (χ3v) is 6.44. The molecule has 3 aromatic rings. The van der Waals surface area contributed by atoms with Crippen LogP contribution < -0.4 is 11.3 Å². The van der Waals surface area contributed by atoms with E-state index in [0.29, 0.717) is 24.1 Å². The smallest absolute Gasteiger partial charge is 0.323 e. The molecule has 0 radical (unpaired) electrons. The van der Waals surface area contributed by atoms with Crippen molar-refractivity contribution < 1.29 is 14.0 Å². The Morgan fingerprint density at radius 3 is 2.57 bits per heavy atom. The third kappa shape index (κ3) is 3.12. The van der Waals surface area contributed by atoms with Crippen LogP contribution in [0.5, 0.6) is 0 Å². The monoisotopic (exact) mass is 398 g/mol. The standard InChI is InChI=1S/C21H23N2O4P/c1-3-20(27-28(25,26)12-22)17-10-19-18-9-15-7-5-4-6-14(15)8-16(18)11-23(19)21(24)13(17)2/h4-10,20H,3,11-12,22H2,1-2H3,(H,25,26). The van der Waals surface area contributed by atoms with E-state index in [4.69, 9.17) is 10.3 Å². The highest BCUT2D eigenvalue weighted by Gasteiger charge is 2.28. The van der Waals surface area contributed by atoms with Crippen molar-refractivity contribution >= 4 is 18.4 Å². The molecule has 0 amide bonds. The van der Waals surface area contributed by atoms with Crippen molar-refractivity contribution in [2.75, 3.05) is 6.29 Å². The zero-order valence-corrected chi connectivity index (χ0v) is 16.8. The molecule has 2 heterocycles. The lowest BCUT2D eigenvalue weighted by Gasteiger charge is -2.22. The topological polar surface area (TPSA) is 94.5 Å². The maximum Gasteiger partial charge on any atom is 0.342 e. The second kappa shape index (κ2) is 6.98. The van der Waals surface area contributed by atoms with Gasteiger partial charge in [0.1, 0.15) is 0 Å². The average Bonchev–Trinajstić information content (AvgIpc) is 3.05. The molecule has 2 atom stereocenters. The molecule has 0 spiro atoms. The first-order valence-corrected chi connectivity index (χ1v) is 11.1. The summed E-state index contributed by atoms with van der Waals surface area (Å²) in [6, 6.07) is 14.2. The highest BCUT2D eigenvalue weighted by Crippen LogP contribution is 2.47.